The third-order valence-corrected chi connectivity index (χ3v) is 4.91. The van der Waals surface area contributed by atoms with E-state index in [2.05, 4.69) is 39.1 Å². The molecule has 0 atom stereocenters. The zero-order valence-corrected chi connectivity index (χ0v) is 16.1. The van der Waals surface area contributed by atoms with Gasteiger partial charge in [0.2, 0.25) is 0 Å². The molecule has 27 heavy (non-hydrogen) atoms. The first-order valence-corrected chi connectivity index (χ1v) is 9.40. The molecule has 0 aliphatic carbocycles. The minimum absolute atomic E-state index is 0.683. The fraction of sp³-hybridized carbons (Fsp3) is 0.381. The van der Waals surface area contributed by atoms with Crippen LogP contribution in [0.4, 0.5) is 5.82 Å². The molecule has 0 saturated carbocycles. The first-order chi connectivity index (χ1) is 13.1. The van der Waals surface area contributed by atoms with E-state index in [1.165, 1.54) is 12.8 Å². The van der Waals surface area contributed by atoms with Crippen LogP contribution in [0.5, 0.6) is 5.75 Å². The van der Waals surface area contributed by atoms with Gasteiger partial charge in [0.05, 0.1) is 24.8 Å². The van der Waals surface area contributed by atoms with Crippen LogP contribution in [0.3, 0.4) is 0 Å². The van der Waals surface area contributed by atoms with Gasteiger partial charge in [-0.25, -0.2) is 15.0 Å². The lowest BCUT2D eigenvalue weighted by Gasteiger charge is -2.17. The molecule has 140 valence electrons. The third-order valence-electron chi connectivity index (χ3n) is 4.91. The number of rotatable bonds is 5. The van der Waals surface area contributed by atoms with Crippen LogP contribution in [-0.4, -0.2) is 39.7 Å². The maximum atomic E-state index is 5.62. The summed E-state index contributed by atoms with van der Waals surface area (Å²) in [6.45, 7) is 6.19. The normalized spacial score (nSPS) is 14.0. The van der Waals surface area contributed by atoms with E-state index < -0.39 is 0 Å². The average Bonchev–Trinajstić information content (AvgIpc) is 3.33. The standard InChI is InChI=1S/C21H25N5O/c1-15-10-21(25-8-4-5-9-25)24-20(23-15)12-17-6-7-18(19(11-17)27-3)26-13-16(2)22-14-26/h6-7,10-11,13-14H,4-5,8-9,12H2,1-3H3. The van der Waals surface area contributed by atoms with Crippen molar-refractivity contribution < 1.29 is 4.74 Å². The van der Waals surface area contributed by atoms with Crippen LogP contribution in [0.15, 0.2) is 36.8 Å². The van der Waals surface area contributed by atoms with Gasteiger partial charge in [-0.15, -0.1) is 0 Å². The van der Waals surface area contributed by atoms with Crippen LogP contribution in [0, 0.1) is 13.8 Å². The van der Waals surface area contributed by atoms with Crippen LogP contribution >= 0.6 is 0 Å². The number of hydrogen-bond acceptors (Lipinski definition) is 5. The molecule has 0 amide bonds. The molecule has 2 aromatic heterocycles. The van der Waals surface area contributed by atoms with Gasteiger partial charge in [0.25, 0.3) is 0 Å². The van der Waals surface area contributed by atoms with Gasteiger partial charge in [0.15, 0.2) is 0 Å². The first kappa shape index (κ1) is 17.5. The van der Waals surface area contributed by atoms with Crippen LogP contribution in [0.25, 0.3) is 5.69 Å². The number of hydrogen-bond donors (Lipinski definition) is 0. The Morgan fingerprint density at radius 3 is 2.56 bits per heavy atom. The highest BCUT2D eigenvalue weighted by Gasteiger charge is 2.15. The Morgan fingerprint density at radius 2 is 1.85 bits per heavy atom. The summed E-state index contributed by atoms with van der Waals surface area (Å²) in [4.78, 5) is 16.1. The summed E-state index contributed by atoms with van der Waals surface area (Å²) < 4.78 is 7.60. The second-order valence-electron chi connectivity index (χ2n) is 7.08. The number of benzene rings is 1. The maximum absolute atomic E-state index is 5.62. The maximum Gasteiger partial charge on any atom is 0.143 e. The number of aryl methyl sites for hydroxylation is 2. The van der Waals surface area contributed by atoms with Gasteiger partial charge < -0.3 is 14.2 Å². The Hall–Kier alpha value is -2.89. The molecule has 0 bridgehead atoms. The molecule has 3 heterocycles. The molecule has 1 aromatic carbocycles. The molecule has 1 aliphatic rings. The molecule has 0 radical (unpaired) electrons. The van der Waals surface area contributed by atoms with E-state index in [0.29, 0.717) is 6.42 Å². The lowest BCUT2D eigenvalue weighted by Crippen LogP contribution is -2.20. The number of nitrogens with zero attached hydrogens (tertiary/aromatic N) is 5. The number of aromatic nitrogens is 4. The highest BCUT2D eigenvalue weighted by molar-refractivity contribution is 5.50. The molecule has 0 spiro atoms. The molecule has 6 heteroatoms. The van der Waals surface area contributed by atoms with Crippen molar-refractivity contribution in [3.8, 4) is 11.4 Å². The largest absolute Gasteiger partial charge is 0.495 e. The minimum atomic E-state index is 0.683. The summed E-state index contributed by atoms with van der Waals surface area (Å²) in [5.41, 5.74) is 4.10. The summed E-state index contributed by atoms with van der Waals surface area (Å²) in [7, 11) is 1.70. The lowest BCUT2D eigenvalue weighted by molar-refractivity contribution is 0.412. The Labute approximate surface area is 159 Å². The number of anilines is 1. The van der Waals surface area contributed by atoms with E-state index in [-0.39, 0.29) is 0 Å². The molecule has 1 aliphatic heterocycles. The molecule has 1 fully saturated rings. The highest BCUT2D eigenvalue weighted by Crippen LogP contribution is 2.26. The van der Waals surface area contributed by atoms with E-state index in [1.54, 1.807) is 13.4 Å². The van der Waals surface area contributed by atoms with Crippen LogP contribution < -0.4 is 9.64 Å². The predicted octanol–water partition coefficient (Wildman–Crippen LogP) is 3.48. The zero-order valence-electron chi connectivity index (χ0n) is 16.1. The molecule has 1 saturated heterocycles. The molecular formula is C21H25N5O. The summed E-state index contributed by atoms with van der Waals surface area (Å²) in [5.74, 6) is 2.72. The van der Waals surface area contributed by atoms with Crippen molar-refractivity contribution >= 4 is 5.82 Å². The van der Waals surface area contributed by atoms with E-state index in [0.717, 1.165) is 53.1 Å². The van der Waals surface area contributed by atoms with Crippen molar-refractivity contribution in [2.45, 2.75) is 33.1 Å². The minimum Gasteiger partial charge on any atom is -0.495 e. The molecule has 4 rings (SSSR count). The molecular weight excluding hydrogens is 338 g/mol. The molecule has 0 unspecified atom stereocenters. The van der Waals surface area contributed by atoms with Crippen LogP contribution in [-0.2, 0) is 6.42 Å². The van der Waals surface area contributed by atoms with Gasteiger partial charge in [-0.3, -0.25) is 0 Å². The van der Waals surface area contributed by atoms with Gasteiger partial charge in [-0.1, -0.05) is 6.07 Å². The molecule has 6 nitrogen and oxygen atoms in total. The van der Waals surface area contributed by atoms with Crippen molar-refractivity contribution in [2.75, 3.05) is 25.1 Å². The van der Waals surface area contributed by atoms with Crippen molar-refractivity contribution in [2.24, 2.45) is 0 Å². The van der Waals surface area contributed by atoms with Gasteiger partial charge in [-0.2, -0.15) is 0 Å². The second-order valence-corrected chi connectivity index (χ2v) is 7.08. The number of ether oxygens (including phenoxy) is 1. The molecule has 3 aromatic rings. The van der Waals surface area contributed by atoms with Crippen molar-refractivity contribution in [1.82, 2.24) is 19.5 Å². The smallest absolute Gasteiger partial charge is 0.143 e. The van der Waals surface area contributed by atoms with Gasteiger partial charge in [0.1, 0.15) is 17.4 Å². The van der Waals surface area contributed by atoms with E-state index >= 15 is 0 Å². The van der Waals surface area contributed by atoms with E-state index in [9.17, 15) is 0 Å². The van der Waals surface area contributed by atoms with E-state index in [1.807, 2.05) is 24.6 Å². The fourth-order valence-electron chi connectivity index (χ4n) is 3.58. The fourth-order valence-corrected chi connectivity index (χ4v) is 3.58. The van der Waals surface area contributed by atoms with Crippen LogP contribution in [0.2, 0.25) is 0 Å². The van der Waals surface area contributed by atoms with Gasteiger partial charge in [-0.05, 0) is 44.4 Å². The van der Waals surface area contributed by atoms with Crippen molar-refractivity contribution in [1.29, 1.82) is 0 Å². The highest BCUT2D eigenvalue weighted by atomic mass is 16.5. The van der Waals surface area contributed by atoms with Gasteiger partial charge in [0, 0.05) is 37.5 Å². The van der Waals surface area contributed by atoms with Crippen molar-refractivity contribution in [3.63, 3.8) is 0 Å². The summed E-state index contributed by atoms with van der Waals surface area (Å²) in [6.07, 6.45) is 6.96. The first-order valence-electron chi connectivity index (χ1n) is 9.40. The zero-order chi connectivity index (χ0) is 18.8. The monoisotopic (exact) mass is 363 g/mol. The van der Waals surface area contributed by atoms with E-state index in [4.69, 9.17) is 9.72 Å². The summed E-state index contributed by atoms with van der Waals surface area (Å²) in [6, 6.07) is 8.31. The summed E-state index contributed by atoms with van der Waals surface area (Å²) in [5, 5.41) is 0. The Bertz CT molecular complexity index is 943. The number of imidazole rings is 1. The Balaban J connectivity index is 1.61. The second kappa shape index (κ2) is 7.39. The van der Waals surface area contributed by atoms with Gasteiger partial charge >= 0.3 is 0 Å². The number of methoxy groups -OCH3 is 1. The summed E-state index contributed by atoms with van der Waals surface area (Å²) >= 11 is 0. The lowest BCUT2D eigenvalue weighted by atomic mass is 10.1. The quantitative estimate of drug-likeness (QED) is 0.695. The van der Waals surface area contributed by atoms with Crippen molar-refractivity contribution in [3.05, 3.63) is 59.6 Å². The Morgan fingerprint density at radius 1 is 1.04 bits per heavy atom. The average molecular weight is 363 g/mol. The predicted molar refractivity (Wildman–Crippen MR) is 106 cm³/mol. The third kappa shape index (κ3) is 3.79. The SMILES string of the molecule is COc1cc(Cc2nc(C)cc(N3CCCC3)n2)ccc1-n1cnc(C)c1. The van der Waals surface area contributed by atoms with Crippen LogP contribution in [0.1, 0.15) is 35.6 Å². The molecule has 0 N–H and O–H groups in total. The topological polar surface area (TPSA) is 56.1 Å². The Kier molecular flexibility index (Phi) is 4.79.